The highest BCUT2D eigenvalue weighted by molar-refractivity contribution is 5.81. The summed E-state index contributed by atoms with van der Waals surface area (Å²) in [4.78, 5) is 13.8. The van der Waals surface area contributed by atoms with Gasteiger partial charge < -0.3 is 15.1 Å². The molecule has 2 atom stereocenters. The Balaban J connectivity index is 2.89. The van der Waals surface area contributed by atoms with Crippen LogP contribution in [0.4, 0.5) is 0 Å². The molecule has 2 unspecified atom stereocenters. The van der Waals surface area contributed by atoms with Crippen molar-refractivity contribution in [3.05, 3.63) is 23.8 Å². The molecule has 0 aliphatic carbocycles. The second-order valence-corrected chi connectivity index (χ2v) is 6.05. The topological polar surface area (TPSA) is 72.8 Å². The molecule has 0 aliphatic rings. The van der Waals surface area contributed by atoms with Gasteiger partial charge >= 0.3 is 0 Å². The highest BCUT2D eigenvalue weighted by Gasteiger charge is 2.24. The lowest BCUT2D eigenvalue weighted by Crippen LogP contribution is -2.45. The quantitative estimate of drug-likeness (QED) is 0.752. The third-order valence-electron chi connectivity index (χ3n) is 3.38. The average molecular weight is 294 g/mol. The number of carbonyl (C=O) groups excluding carboxylic acids is 1. The number of benzene rings is 1. The first-order chi connectivity index (χ1) is 9.72. The number of likely N-dealkylation sites (N-methyl/N-ethyl adjacent to an activating group) is 1. The zero-order chi connectivity index (χ0) is 16.2. The zero-order valence-corrected chi connectivity index (χ0v) is 13.4. The van der Waals surface area contributed by atoms with Crippen molar-refractivity contribution in [1.29, 1.82) is 0 Å². The summed E-state index contributed by atoms with van der Waals surface area (Å²) in [5.41, 5.74) is 0.660. The normalized spacial score (nSPS) is 14.0. The summed E-state index contributed by atoms with van der Waals surface area (Å²) in [5.74, 6) is 0.447. The van der Waals surface area contributed by atoms with E-state index in [0.29, 0.717) is 11.5 Å². The molecule has 1 aromatic rings. The van der Waals surface area contributed by atoms with E-state index in [1.807, 2.05) is 6.92 Å². The zero-order valence-electron chi connectivity index (χ0n) is 13.4. The molecule has 0 aliphatic heterocycles. The molecule has 1 aromatic carbocycles. The monoisotopic (exact) mass is 294 g/mol. The van der Waals surface area contributed by atoms with Gasteiger partial charge in [-0.2, -0.15) is 0 Å². The van der Waals surface area contributed by atoms with Crippen LogP contribution in [0.5, 0.6) is 11.5 Å². The van der Waals surface area contributed by atoms with Gasteiger partial charge in [-0.3, -0.25) is 10.1 Å². The first-order valence-electron chi connectivity index (χ1n) is 7.21. The predicted octanol–water partition coefficient (Wildman–Crippen LogP) is 2.25. The van der Waals surface area contributed by atoms with Gasteiger partial charge in [0.05, 0.1) is 6.04 Å². The van der Waals surface area contributed by atoms with Crippen LogP contribution >= 0.6 is 0 Å². The number of nitrogens with zero attached hydrogens (tertiary/aromatic N) is 1. The van der Waals surface area contributed by atoms with Crippen molar-refractivity contribution in [1.82, 2.24) is 10.2 Å². The Kier molecular flexibility index (Phi) is 6.03. The highest BCUT2D eigenvalue weighted by atomic mass is 16.3. The molecular weight excluding hydrogens is 268 g/mol. The van der Waals surface area contributed by atoms with E-state index in [-0.39, 0.29) is 29.5 Å². The van der Waals surface area contributed by atoms with Crippen molar-refractivity contribution in [2.75, 3.05) is 14.1 Å². The predicted molar refractivity (Wildman–Crippen MR) is 83.3 cm³/mol. The van der Waals surface area contributed by atoms with Gasteiger partial charge in [0.15, 0.2) is 0 Å². The smallest absolute Gasteiger partial charge is 0.239 e. The summed E-state index contributed by atoms with van der Waals surface area (Å²) in [5, 5.41) is 22.5. The first-order valence-corrected chi connectivity index (χ1v) is 7.21. The number of hydrogen-bond acceptors (Lipinski definition) is 4. The minimum atomic E-state index is -0.303. The van der Waals surface area contributed by atoms with E-state index >= 15 is 0 Å². The van der Waals surface area contributed by atoms with Crippen LogP contribution in [-0.2, 0) is 4.79 Å². The van der Waals surface area contributed by atoms with Crippen LogP contribution in [0.15, 0.2) is 18.2 Å². The molecule has 1 rings (SSSR count). The Morgan fingerprint density at radius 2 is 1.86 bits per heavy atom. The second kappa shape index (κ2) is 7.31. The molecule has 0 radical (unpaired) electrons. The van der Waals surface area contributed by atoms with Gasteiger partial charge in [0.2, 0.25) is 5.91 Å². The van der Waals surface area contributed by atoms with Crippen molar-refractivity contribution >= 4 is 5.91 Å². The Hall–Kier alpha value is -1.75. The molecule has 118 valence electrons. The van der Waals surface area contributed by atoms with Crippen molar-refractivity contribution in [3.8, 4) is 11.5 Å². The van der Waals surface area contributed by atoms with E-state index in [9.17, 15) is 15.0 Å². The molecule has 0 heterocycles. The van der Waals surface area contributed by atoms with E-state index in [1.54, 1.807) is 25.1 Å². The van der Waals surface area contributed by atoms with E-state index in [4.69, 9.17) is 0 Å². The number of phenolic OH excluding ortho intramolecular Hbond substituents is 2. The molecular formula is C16H26N2O3. The Morgan fingerprint density at radius 3 is 2.33 bits per heavy atom. The summed E-state index contributed by atoms with van der Waals surface area (Å²) < 4.78 is 0. The van der Waals surface area contributed by atoms with Crippen molar-refractivity contribution in [2.45, 2.75) is 39.3 Å². The molecule has 0 saturated carbocycles. The van der Waals surface area contributed by atoms with Gasteiger partial charge in [-0.15, -0.1) is 0 Å². The number of aromatic hydroxyl groups is 2. The number of phenols is 2. The second-order valence-electron chi connectivity index (χ2n) is 6.05. The molecule has 21 heavy (non-hydrogen) atoms. The molecule has 0 fully saturated rings. The van der Waals surface area contributed by atoms with Gasteiger partial charge in [-0.25, -0.2) is 0 Å². The molecule has 3 N–H and O–H groups in total. The third-order valence-corrected chi connectivity index (χ3v) is 3.38. The Bertz CT molecular complexity index is 486. The summed E-state index contributed by atoms with van der Waals surface area (Å²) >= 11 is 0. The number of hydrogen-bond donors (Lipinski definition) is 3. The standard InChI is InChI=1S/C16H26N2O3/c1-10(2)8-14(16(21)18(4)5)17-11(3)13-7-6-12(19)9-15(13)20/h6-7,9-11,14,17,19-20H,8H2,1-5H3. The van der Waals surface area contributed by atoms with Gasteiger partial charge in [-0.05, 0) is 25.3 Å². The molecule has 0 spiro atoms. The van der Waals surface area contributed by atoms with Crippen LogP contribution in [0, 0.1) is 5.92 Å². The molecule has 0 bridgehead atoms. The number of rotatable bonds is 6. The van der Waals surface area contributed by atoms with E-state index in [2.05, 4.69) is 19.2 Å². The average Bonchev–Trinajstić information content (AvgIpc) is 2.36. The van der Waals surface area contributed by atoms with Gasteiger partial charge in [0, 0.05) is 31.8 Å². The van der Waals surface area contributed by atoms with Crippen molar-refractivity contribution < 1.29 is 15.0 Å². The maximum atomic E-state index is 12.2. The SMILES string of the molecule is CC(C)CC(NC(C)c1ccc(O)cc1O)C(=O)N(C)C. The maximum Gasteiger partial charge on any atom is 0.239 e. The van der Waals surface area contributed by atoms with E-state index in [0.717, 1.165) is 6.42 Å². The van der Waals surface area contributed by atoms with Crippen LogP contribution in [-0.4, -0.2) is 41.2 Å². The molecule has 5 heteroatoms. The van der Waals surface area contributed by atoms with Crippen LogP contribution in [0.1, 0.15) is 38.8 Å². The number of carbonyl (C=O) groups is 1. The van der Waals surface area contributed by atoms with Gasteiger partial charge in [-0.1, -0.05) is 19.9 Å². The summed E-state index contributed by atoms with van der Waals surface area (Å²) in [6, 6.07) is 3.99. The minimum Gasteiger partial charge on any atom is -0.508 e. The largest absolute Gasteiger partial charge is 0.508 e. The fraction of sp³-hybridized carbons (Fsp3) is 0.562. The molecule has 0 aromatic heterocycles. The molecule has 1 amide bonds. The Morgan fingerprint density at radius 1 is 1.24 bits per heavy atom. The van der Waals surface area contributed by atoms with Gasteiger partial charge in [0.1, 0.15) is 11.5 Å². The summed E-state index contributed by atoms with van der Waals surface area (Å²) in [7, 11) is 3.47. The fourth-order valence-corrected chi connectivity index (χ4v) is 2.31. The minimum absolute atomic E-state index is 0.0200. The van der Waals surface area contributed by atoms with Gasteiger partial charge in [0.25, 0.3) is 0 Å². The lowest BCUT2D eigenvalue weighted by atomic mass is 10.00. The Labute approximate surface area is 126 Å². The van der Waals surface area contributed by atoms with Crippen LogP contribution in [0.25, 0.3) is 0 Å². The lowest BCUT2D eigenvalue weighted by Gasteiger charge is -2.27. The first kappa shape index (κ1) is 17.3. The number of amides is 1. The van der Waals surface area contributed by atoms with E-state index in [1.165, 1.54) is 12.1 Å². The van der Waals surface area contributed by atoms with Crippen molar-refractivity contribution in [3.63, 3.8) is 0 Å². The summed E-state index contributed by atoms with van der Waals surface area (Å²) in [6.07, 6.45) is 0.722. The molecule has 0 saturated heterocycles. The third kappa shape index (κ3) is 4.93. The lowest BCUT2D eigenvalue weighted by molar-refractivity contribution is -0.131. The summed E-state index contributed by atoms with van der Waals surface area (Å²) in [6.45, 7) is 6.03. The van der Waals surface area contributed by atoms with Crippen LogP contribution < -0.4 is 5.32 Å². The van der Waals surface area contributed by atoms with Crippen LogP contribution in [0.3, 0.4) is 0 Å². The molecule has 5 nitrogen and oxygen atoms in total. The maximum absolute atomic E-state index is 12.2. The van der Waals surface area contributed by atoms with Crippen LogP contribution in [0.2, 0.25) is 0 Å². The highest BCUT2D eigenvalue weighted by Crippen LogP contribution is 2.28. The van der Waals surface area contributed by atoms with Crippen molar-refractivity contribution in [2.24, 2.45) is 5.92 Å². The fourth-order valence-electron chi connectivity index (χ4n) is 2.31. The number of nitrogens with one attached hydrogen (secondary N) is 1. The van der Waals surface area contributed by atoms with E-state index < -0.39 is 0 Å².